The zero-order valence-electron chi connectivity index (χ0n) is 22.7. The Morgan fingerprint density at radius 1 is 1.00 bits per heavy atom. The average molecular weight is 562 g/mol. The van der Waals surface area contributed by atoms with Gasteiger partial charge >= 0.3 is 5.97 Å². The normalized spacial score (nSPS) is 16.9. The molecule has 0 bridgehead atoms. The van der Waals surface area contributed by atoms with E-state index in [2.05, 4.69) is 35.2 Å². The standard InChI is InChI=1S/C32H35NO6S/c1-23-20-27(8-13-31(23)39-22-32(34)35)38-17-14-30(26-6-9-28(10-7-26)40(36)29-11-12-29)25-4-2-24(3-5-25)21-33-15-18-37-19-16-33/h2-10,13-14,20,29H,11-12,15-19,21-22H2,1H3,(H,34,35)/b30-14+. The Bertz CT molecular complexity index is 1360. The molecule has 0 spiro atoms. The molecule has 1 unspecified atom stereocenters. The van der Waals surface area contributed by atoms with Gasteiger partial charge in [0.15, 0.2) is 6.61 Å². The summed E-state index contributed by atoms with van der Waals surface area (Å²) in [5.74, 6) is 0.178. The number of aliphatic carboxylic acids is 1. The summed E-state index contributed by atoms with van der Waals surface area (Å²) in [6.45, 7) is 6.18. The van der Waals surface area contributed by atoms with Crippen LogP contribution in [0.5, 0.6) is 11.5 Å². The molecule has 1 aliphatic heterocycles. The minimum Gasteiger partial charge on any atom is -0.489 e. The lowest BCUT2D eigenvalue weighted by atomic mass is 9.96. The lowest BCUT2D eigenvalue weighted by molar-refractivity contribution is -0.139. The minimum atomic E-state index is -1.02. The highest BCUT2D eigenvalue weighted by molar-refractivity contribution is 7.86. The number of carbonyl (C=O) groups is 1. The number of ether oxygens (including phenoxy) is 3. The molecule has 2 fully saturated rings. The molecule has 7 nitrogen and oxygen atoms in total. The molecule has 5 rings (SSSR count). The number of morpholine rings is 1. The molecule has 210 valence electrons. The topological polar surface area (TPSA) is 85.3 Å². The van der Waals surface area contributed by atoms with Crippen molar-refractivity contribution in [2.75, 3.05) is 39.5 Å². The van der Waals surface area contributed by atoms with E-state index in [-0.39, 0.29) is 6.61 Å². The summed E-state index contributed by atoms with van der Waals surface area (Å²) in [5, 5.41) is 9.16. The second-order valence-corrected chi connectivity index (χ2v) is 11.9. The SMILES string of the molecule is Cc1cc(OC/C=C(\c2ccc(CN3CCOCC3)cc2)c2ccc(S(=O)C3CC3)cc2)ccc1OCC(=O)O. The van der Waals surface area contributed by atoms with Crippen molar-refractivity contribution in [1.82, 2.24) is 4.90 Å². The fraction of sp³-hybridized carbons (Fsp3) is 0.344. The number of carboxylic acid groups (broad SMARTS) is 1. The highest BCUT2D eigenvalue weighted by atomic mass is 32.2. The smallest absolute Gasteiger partial charge is 0.341 e. The Labute approximate surface area is 237 Å². The van der Waals surface area contributed by atoms with E-state index in [1.807, 2.05) is 37.3 Å². The zero-order valence-corrected chi connectivity index (χ0v) is 23.5. The first-order chi connectivity index (χ1) is 19.5. The van der Waals surface area contributed by atoms with E-state index >= 15 is 0 Å². The summed E-state index contributed by atoms with van der Waals surface area (Å²) < 4.78 is 29.5. The molecule has 0 aromatic heterocycles. The van der Waals surface area contributed by atoms with Crippen LogP contribution in [0.1, 0.15) is 35.1 Å². The quantitative estimate of drug-likeness (QED) is 0.330. The van der Waals surface area contributed by atoms with Gasteiger partial charge in [0, 0.05) is 29.8 Å². The van der Waals surface area contributed by atoms with Crippen molar-refractivity contribution in [1.29, 1.82) is 0 Å². The van der Waals surface area contributed by atoms with E-state index in [9.17, 15) is 9.00 Å². The minimum absolute atomic E-state index is 0.303. The van der Waals surface area contributed by atoms with Gasteiger partial charge < -0.3 is 19.3 Å². The van der Waals surface area contributed by atoms with Crippen LogP contribution in [0.3, 0.4) is 0 Å². The van der Waals surface area contributed by atoms with Crippen molar-refractivity contribution in [3.8, 4) is 11.5 Å². The van der Waals surface area contributed by atoms with Crippen molar-refractivity contribution in [3.63, 3.8) is 0 Å². The first-order valence-corrected chi connectivity index (χ1v) is 14.9. The largest absolute Gasteiger partial charge is 0.489 e. The number of aryl methyl sites for hydroxylation is 1. The van der Waals surface area contributed by atoms with E-state index in [0.717, 1.165) is 72.8 Å². The van der Waals surface area contributed by atoms with Gasteiger partial charge in [-0.05, 0) is 84.0 Å². The number of benzene rings is 3. The van der Waals surface area contributed by atoms with Gasteiger partial charge in [0.2, 0.25) is 0 Å². The summed E-state index contributed by atoms with van der Waals surface area (Å²) in [6.07, 6.45) is 4.15. The van der Waals surface area contributed by atoms with E-state index in [0.29, 0.717) is 23.4 Å². The van der Waals surface area contributed by atoms with Crippen LogP contribution in [-0.4, -0.2) is 65.0 Å². The second kappa shape index (κ2) is 13.3. The lowest BCUT2D eigenvalue weighted by Gasteiger charge is -2.26. The summed E-state index contributed by atoms with van der Waals surface area (Å²) in [6, 6.07) is 22.0. The highest BCUT2D eigenvalue weighted by Crippen LogP contribution is 2.32. The molecule has 2 aliphatic rings. The van der Waals surface area contributed by atoms with Gasteiger partial charge in [0.1, 0.15) is 18.1 Å². The van der Waals surface area contributed by atoms with Crippen LogP contribution in [0.25, 0.3) is 5.57 Å². The van der Waals surface area contributed by atoms with Gasteiger partial charge in [-0.1, -0.05) is 36.4 Å². The third kappa shape index (κ3) is 7.59. The summed E-state index contributed by atoms with van der Waals surface area (Å²) in [4.78, 5) is 14.1. The van der Waals surface area contributed by atoms with Crippen LogP contribution in [-0.2, 0) is 26.9 Å². The van der Waals surface area contributed by atoms with E-state index in [1.165, 1.54) is 5.56 Å². The predicted molar refractivity (Wildman–Crippen MR) is 155 cm³/mol. The van der Waals surface area contributed by atoms with Crippen LogP contribution < -0.4 is 9.47 Å². The number of hydrogen-bond acceptors (Lipinski definition) is 6. The summed E-state index contributed by atoms with van der Waals surface area (Å²) in [7, 11) is -0.936. The van der Waals surface area contributed by atoms with Crippen LogP contribution in [0.4, 0.5) is 0 Å². The molecule has 1 N–H and O–H groups in total. The maximum absolute atomic E-state index is 12.6. The van der Waals surface area contributed by atoms with E-state index in [1.54, 1.807) is 12.1 Å². The zero-order chi connectivity index (χ0) is 27.9. The average Bonchev–Trinajstić information content (AvgIpc) is 3.82. The van der Waals surface area contributed by atoms with Crippen molar-refractivity contribution in [3.05, 3.63) is 95.1 Å². The fourth-order valence-electron chi connectivity index (χ4n) is 4.69. The molecule has 1 atom stereocenters. The second-order valence-electron chi connectivity index (χ2n) is 10.1. The molecule has 0 amide bonds. The van der Waals surface area contributed by atoms with Gasteiger partial charge in [-0.2, -0.15) is 0 Å². The van der Waals surface area contributed by atoms with E-state index in [4.69, 9.17) is 19.3 Å². The molecule has 1 aliphatic carbocycles. The Morgan fingerprint density at radius 3 is 2.30 bits per heavy atom. The van der Waals surface area contributed by atoms with Crippen LogP contribution in [0.2, 0.25) is 0 Å². The molecule has 3 aromatic carbocycles. The maximum atomic E-state index is 12.6. The molecular weight excluding hydrogens is 526 g/mol. The third-order valence-electron chi connectivity index (χ3n) is 7.03. The highest BCUT2D eigenvalue weighted by Gasteiger charge is 2.29. The number of nitrogens with zero attached hydrogens (tertiary/aromatic N) is 1. The first kappa shape index (κ1) is 28.1. The van der Waals surface area contributed by atoms with Gasteiger partial charge in [0.25, 0.3) is 0 Å². The van der Waals surface area contributed by atoms with Crippen LogP contribution >= 0.6 is 0 Å². The van der Waals surface area contributed by atoms with Gasteiger partial charge in [-0.25, -0.2) is 4.79 Å². The van der Waals surface area contributed by atoms with Crippen molar-refractivity contribution >= 4 is 22.3 Å². The van der Waals surface area contributed by atoms with Crippen molar-refractivity contribution < 1.29 is 28.3 Å². The summed E-state index contributed by atoms with van der Waals surface area (Å²) in [5.41, 5.74) is 5.23. The first-order valence-electron chi connectivity index (χ1n) is 13.6. The Balaban J connectivity index is 1.33. The van der Waals surface area contributed by atoms with Crippen molar-refractivity contribution in [2.45, 2.75) is 36.5 Å². The molecular formula is C32H35NO6S. The molecule has 1 heterocycles. The maximum Gasteiger partial charge on any atom is 0.341 e. The van der Waals surface area contributed by atoms with Crippen LogP contribution in [0, 0.1) is 6.92 Å². The van der Waals surface area contributed by atoms with Gasteiger partial charge in [-0.15, -0.1) is 0 Å². The molecule has 8 heteroatoms. The molecule has 3 aromatic rings. The van der Waals surface area contributed by atoms with E-state index < -0.39 is 16.8 Å². The fourth-order valence-corrected chi connectivity index (χ4v) is 6.04. The summed E-state index contributed by atoms with van der Waals surface area (Å²) >= 11 is 0. The number of hydrogen-bond donors (Lipinski definition) is 1. The third-order valence-corrected chi connectivity index (χ3v) is 8.85. The van der Waals surface area contributed by atoms with Crippen LogP contribution in [0.15, 0.2) is 77.7 Å². The van der Waals surface area contributed by atoms with Gasteiger partial charge in [-0.3, -0.25) is 9.11 Å². The number of carboxylic acids is 1. The molecule has 1 saturated heterocycles. The number of rotatable bonds is 12. The van der Waals surface area contributed by atoms with Gasteiger partial charge in [0.05, 0.1) is 24.0 Å². The molecule has 1 saturated carbocycles. The Hall–Kier alpha value is -3.46. The Kier molecular flexibility index (Phi) is 9.31. The lowest BCUT2D eigenvalue weighted by Crippen LogP contribution is -2.35. The predicted octanol–water partition coefficient (Wildman–Crippen LogP) is 5.07. The molecule has 0 radical (unpaired) electrons. The molecule has 40 heavy (non-hydrogen) atoms. The monoisotopic (exact) mass is 561 g/mol. The Morgan fingerprint density at radius 2 is 1.68 bits per heavy atom. The van der Waals surface area contributed by atoms with Crippen molar-refractivity contribution in [2.24, 2.45) is 0 Å².